The second kappa shape index (κ2) is 4.76. The first kappa shape index (κ1) is 11.9. The van der Waals surface area contributed by atoms with E-state index in [1.54, 1.807) is 0 Å². The number of anilines is 1. The van der Waals surface area contributed by atoms with Gasteiger partial charge in [0.2, 0.25) is 0 Å². The van der Waals surface area contributed by atoms with E-state index >= 15 is 0 Å². The van der Waals surface area contributed by atoms with Crippen LogP contribution in [0.5, 0.6) is 0 Å². The molecule has 0 aromatic heterocycles. The Morgan fingerprint density at radius 2 is 2.00 bits per heavy atom. The van der Waals surface area contributed by atoms with Gasteiger partial charge in [-0.05, 0) is 25.5 Å². The smallest absolute Gasteiger partial charge is 0.0517 e. The first-order valence-electron chi connectivity index (χ1n) is 6.02. The summed E-state index contributed by atoms with van der Waals surface area (Å²) in [7, 11) is 0. The number of nitrogens with zero attached hydrogens (tertiary/aromatic N) is 1. The highest BCUT2D eigenvalue weighted by Crippen LogP contribution is 2.30. The standard InChI is InChI=1S/C15H20N2/c1-13-8-10-15(2,11-9-13)12-17(16)14-6-4-3-5-7-14/h3-10H,11-12,16H2,1-2H3. The molecule has 17 heavy (non-hydrogen) atoms. The number of hydrogen-bond acceptors (Lipinski definition) is 2. The molecule has 1 aromatic carbocycles. The van der Waals surface area contributed by atoms with Gasteiger partial charge in [-0.25, -0.2) is 5.84 Å². The third-order valence-electron chi connectivity index (χ3n) is 3.26. The van der Waals surface area contributed by atoms with Gasteiger partial charge in [-0.1, -0.05) is 48.9 Å². The monoisotopic (exact) mass is 228 g/mol. The van der Waals surface area contributed by atoms with Gasteiger partial charge in [0.1, 0.15) is 0 Å². The molecule has 2 nitrogen and oxygen atoms in total. The highest BCUT2D eigenvalue weighted by atomic mass is 15.4. The molecule has 90 valence electrons. The molecule has 0 spiro atoms. The molecule has 0 radical (unpaired) electrons. The van der Waals surface area contributed by atoms with Crippen molar-refractivity contribution in [3.8, 4) is 0 Å². The summed E-state index contributed by atoms with van der Waals surface area (Å²) in [5.74, 6) is 6.12. The van der Waals surface area contributed by atoms with Crippen LogP contribution in [-0.2, 0) is 0 Å². The molecule has 2 N–H and O–H groups in total. The molecule has 0 saturated carbocycles. The highest BCUT2D eigenvalue weighted by Gasteiger charge is 2.24. The minimum atomic E-state index is 0.129. The Morgan fingerprint density at radius 1 is 1.29 bits per heavy atom. The van der Waals surface area contributed by atoms with Crippen molar-refractivity contribution >= 4 is 5.69 Å². The zero-order valence-electron chi connectivity index (χ0n) is 10.6. The molecule has 1 atom stereocenters. The van der Waals surface area contributed by atoms with Crippen LogP contribution in [0.25, 0.3) is 0 Å². The molecule has 0 bridgehead atoms. The minimum Gasteiger partial charge on any atom is -0.310 e. The van der Waals surface area contributed by atoms with Crippen LogP contribution in [0.2, 0.25) is 0 Å². The zero-order chi connectivity index (χ0) is 12.3. The Morgan fingerprint density at radius 3 is 2.59 bits per heavy atom. The Hall–Kier alpha value is -1.54. The van der Waals surface area contributed by atoms with E-state index in [0.717, 1.165) is 18.7 Å². The lowest BCUT2D eigenvalue weighted by Gasteiger charge is -2.33. The van der Waals surface area contributed by atoms with Gasteiger partial charge < -0.3 is 5.01 Å². The molecule has 0 amide bonds. The molecule has 0 fully saturated rings. The maximum atomic E-state index is 6.12. The lowest BCUT2D eigenvalue weighted by atomic mass is 9.82. The SMILES string of the molecule is CC1=CCC(C)(CN(N)c2ccccc2)C=C1. The molecule has 0 heterocycles. The predicted molar refractivity (Wildman–Crippen MR) is 73.6 cm³/mol. The van der Waals surface area contributed by atoms with E-state index in [1.807, 2.05) is 35.3 Å². The van der Waals surface area contributed by atoms with Crippen LogP contribution in [0.4, 0.5) is 5.69 Å². The van der Waals surface area contributed by atoms with Gasteiger partial charge in [-0.3, -0.25) is 0 Å². The van der Waals surface area contributed by atoms with Gasteiger partial charge in [0.25, 0.3) is 0 Å². The minimum absolute atomic E-state index is 0.129. The average Bonchev–Trinajstić information content (AvgIpc) is 2.34. The molecule has 1 unspecified atom stereocenters. The van der Waals surface area contributed by atoms with Crippen LogP contribution in [0.15, 0.2) is 54.1 Å². The topological polar surface area (TPSA) is 29.3 Å². The molecule has 1 aliphatic carbocycles. The predicted octanol–water partition coefficient (Wildman–Crippen LogP) is 3.28. The Labute approximate surface area is 103 Å². The number of para-hydroxylation sites is 1. The fraction of sp³-hybridized carbons (Fsp3) is 0.333. The number of nitrogens with two attached hydrogens (primary N) is 1. The summed E-state index contributed by atoms with van der Waals surface area (Å²) >= 11 is 0. The molecular weight excluding hydrogens is 208 g/mol. The van der Waals surface area contributed by atoms with Gasteiger partial charge in [0.05, 0.1) is 5.69 Å². The number of hydrazine groups is 1. The third-order valence-corrected chi connectivity index (χ3v) is 3.26. The van der Waals surface area contributed by atoms with Gasteiger partial charge in [-0.15, -0.1) is 0 Å². The van der Waals surface area contributed by atoms with Crippen LogP contribution >= 0.6 is 0 Å². The summed E-state index contributed by atoms with van der Waals surface area (Å²) in [6.45, 7) is 5.21. The maximum Gasteiger partial charge on any atom is 0.0517 e. The van der Waals surface area contributed by atoms with Crippen molar-refractivity contribution in [2.45, 2.75) is 20.3 Å². The summed E-state index contributed by atoms with van der Waals surface area (Å²) < 4.78 is 0. The molecule has 2 heteroatoms. The zero-order valence-corrected chi connectivity index (χ0v) is 10.6. The number of rotatable bonds is 3. The van der Waals surface area contributed by atoms with Crippen molar-refractivity contribution < 1.29 is 0 Å². The largest absolute Gasteiger partial charge is 0.310 e. The van der Waals surface area contributed by atoms with Crippen molar-refractivity contribution in [1.29, 1.82) is 0 Å². The van der Waals surface area contributed by atoms with Crippen molar-refractivity contribution in [2.75, 3.05) is 11.6 Å². The normalized spacial score (nSPS) is 23.4. The number of hydrogen-bond donors (Lipinski definition) is 1. The lowest BCUT2D eigenvalue weighted by molar-refractivity contribution is 0.425. The summed E-state index contributed by atoms with van der Waals surface area (Å²) in [5.41, 5.74) is 2.53. The van der Waals surface area contributed by atoms with Crippen molar-refractivity contribution in [1.82, 2.24) is 0 Å². The van der Waals surface area contributed by atoms with E-state index in [-0.39, 0.29) is 5.41 Å². The van der Waals surface area contributed by atoms with Crippen molar-refractivity contribution in [3.05, 3.63) is 54.1 Å². The second-order valence-corrected chi connectivity index (χ2v) is 5.10. The first-order chi connectivity index (χ1) is 8.09. The van der Waals surface area contributed by atoms with Crippen LogP contribution in [0, 0.1) is 5.41 Å². The average molecular weight is 228 g/mol. The molecule has 1 aliphatic rings. The molecule has 1 aromatic rings. The summed E-state index contributed by atoms with van der Waals surface area (Å²) in [4.78, 5) is 0. The van der Waals surface area contributed by atoms with E-state index in [2.05, 4.69) is 32.1 Å². The van der Waals surface area contributed by atoms with Crippen molar-refractivity contribution in [3.63, 3.8) is 0 Å². The molecule has 0 saturated heterocycles. The van der Waals surface area contributed by atoms with Gasteiger partial charge in [0, 0.05) is 12.0 Å². The second-order valence-electron chi connectivity index (χ2n) is 5.10. The molecule has 2 rings (SSSR count). The number of allylic oxidation sites excluding steroid dienone is 3. The quantitative estimate of drug-likeness (QED) is 0.635. The van der Waals surface area contributed by atoms with Crippen LogP contribution in [0.3, 0.4) is 0 Å². The molecule has 0 aliphatic heterocycles. The first-order valence-corrected chi connectivity index (χ1v) is 6.02. The van der Waals surface area contributed by atoms with E-state index in [1.165, 1.54) is 5.57 Å². The highest BCUT2D eigenvalue weighted by molar-refractivity contribution is 5.45. The fourth-order valence-corrected chi connectivity index (χ4v) is 2.08. The van der Waals surface area contributed by atoms with Crippen LogP contribution in [0.1, 0.15) is 20.3 Å². The van der Waals surface area contributed by atoms with Crippen LogP contribution in [-0.4, -0.2) is 6.54 Å². The van der Waals surface area contributed by atoms with E-state index < -0.39 is 0 Å². The van der Waals surface area contributed by atoms with E-state index in [4.69, 9.17) is 5.84 Å². The lowest BCUT2D eigenvalue weighted by Crippen LogP contribution is -2.40. The third kappa shape index (κ3) is 2.98. The Balaban J connectivity index is 2.05. The van der Waals surface area contributed by atoms with Crippen LogP contribution < -0.4 is 10.9 Å². The molecular formula is C15H20N2. The van der Waals surface area contributed by atoms with E-state index in [0.29, 0.717) is 0 Å². The fourth-order valence-electron chi connectivity index (χ4n) is 2.08. The maximum absolute atomic E-state index is 6.12. The summed E-state index contributed by atoms with van der Waals surface area (Å²) in [6.07, 6.45) is 7.78. The van der Waals surface area contributed by atoms with Gasteiger partial charge >= 0.3 is 0 Å². The number of benzene rings is 1. The van der Waals surface area contributed by atoms with E-state index in [9.17, 15) is 0 Å². The van der Waals surface area contributed by atoms with Gasteiger partial charge in [0.15, 0.2) is 0 Å². The Bertz CT molecular complexity index is 433. The van der Waals surface area contributed by atoms with Crippen molar-refractivity contribution in [2.24, 2.45) is 11.3 Å². The summed E-state index contributed by atoms with van der Waals surface area (Å²) in [6, 6.07) is 10.1. The Kier molecular flexibility index (Phi) is 3.34. The van der Waals surface area contributed by atoms with Gasteiger partial charge in [-0.2, -0.15) is 0 Å². The summed E-state index contributed by atoms with van der Waals surface area (Å²) in [5, 5.41) is 1.83.